The van der Waals surface area contributed by atoms with E-state index in [2.05, 4.69) is 0 Å². The Kier molecular flexibility index (Phi) is 3.47. The fourth-order valence-electron chi connectivity index (χ4n) is 1.19. The summed E-state index contributed by atoms with van der Waals surface area (Å²) in [6.07, 6.45) is 0.768. The highest BCUT2D eigenvalue weighted by Gasteiger charge is 2.16. The van der Waals surface area contributed by atoms with Crippen molar-refractivity contribution in [1.82, 2.24) is 0 Å². The van der Waals surface area contributed by atoms with Crippen LogP contribution in [0.25, 0.3) is 0 Å². The molecule has 0 saturated heterocycles. The summed E-state index contributed by atoms with van der Waals surface area (Å²) < 4.78 is 0.664. The van der Waals surface area contributed by atoms with Crippen LogP contribution < -0.4 is 0 Å². The second kappa shape index (κ2) is 4.42. The molecule has 0 fully saturated rings. The molecule has 1 aromatic rings. The van der Waals surface area contributed by atoms with Crippen molar-refractivity contribution in [2.24, 2.45) is 0 Å². The van der Waals surface area contributed by atoms with Crippen molar-refractivity contribution in [1.29, 1.82) is 5.26 Å². The molecule has 0 aliphatic heterocycles. The molecule has 0 spiro atoms. The molecule has 0 heterocycles. The fraction of sp³-hybridized carbons (Fsp3) is 0.200. The van der Waals surface area contributed by atoms with E-state index in [1.165, 1.54) is 0 Å². The van der Waals surface area contributed by atoms with Gasteiger partial charge in [-0.3, -0.25) is 0 Å². The van der Waals surface area contributed by atoms with E-state index in [0.29, 0.717) is 3.57 Å². The number of rotatable bonds is 2. The monoisotopic (exact) mass is 301 g/mol. The van der Waals surface area contributed by atoms with Crippen LogP contribution in [0, 0.1) is 14.9 Å². The van der Waals surface area contributed by atoms with Gasteiger partial charge in [-0.2, -0.15) is 5.26 Å². The number of halogens is 1. The molecule has 0 atom stereocenters. The molecule has 1 rings (SSSR count). The Morgan fingerprint density at radius 1 is 1.64 bits per heavy atom. The van der Waals surface area contributed by atoms with Crippen LogP contribution in [0.3, 0.4) is 0 Å². The minimum absolute atomic E-state index is 0.118. The van der Waals surface area contributed by atoms with E-state index in [0.717, 1.165) is 12.0 Å². The first-order valence-corrected chi connectivity index (χ1v) is 5.14. The maximum Gasteiger partial charge on any atom is 0.338 e. The lowest BCUT2D eigenvalue weighted by molar-refractivity contribution is 0.0695. The summed E-state index contributed by atoms with van der Waals surface area (Å²) >= 11 is 1.97. The number of nitriles is 1. The lowest BCUT2D eigenvalue weighted by Gasteiger charge is -2.06. The fourth-order valence-corrected chi connectivity index (χ4v) is 2.28. The molecule has 0 saturated carbocycles. The Balaban J connectivity index is 3.49. The molecule has 0 amide bonds. The van der Waals surface area contributed by atoms with Crippen molar-refractivity contribution in [3.8, 4) is 6.07 Å². The lowest BCUT2D eigenvalue weighted by atomic mass is 10.0. The van der Waals surface area contributed by atoms with Crippen LogP contribution >= 0.6 is 22.6 Å². The number of nitrogens with zero attached hydrogens (tertiary/aromatic N) is 1. The summed E-state index contributed by atoms with van der Waals surface area (Å²) in [5, 5.41) is 17.7. The molecule has 14 heavy (non-hydrogen) atoms. The van der Waals surface area contributed by atoms with Gasteiger partial charge >= 0.3 is 5.97 Å². The van der Waals surface area contributed by atoms with E-state index >= 15 is 0 Å². The molecule has 3 nitrogen and oxygen atoms in total. The van der Waals surface area contributed by atoms with Gasteiger partial charge in [-0.15, -0.1) is 0 Å². The van der Waals surface area contributed by atoms with E-state index in [9.17, 15) is 4.79 Å². The summed E-state index contributed by atoms with van der Waals surface area (Å²) in [6.45, 7) is 1.95. The highest BCUT2D eigenvalue weighted by atomic mass is 127. The van der Waals surface area contributed by atoms with Gasteiger partial charge in [0.1, 0.15) is 6.07 Å². The zero-order valence-corrected chi connectivity index (χ0v) is 9.70. The van der Waals surface area contributed by atoms with E-state index in [1.54, 1.807) is 12.1 Å². The van der Waals surface area contributed by atoms with E-state index in [4.69, 9.17) is 10.4 Å². The summed E-state index contributed by atoms with van der Waals surface area (Å²) in [4.78, 5) is 10.9. The highest BCUT2D eigenvalue weighted by molar-refractivity contribution is 14.1. The molecular weight excluding hydrogens is 293 g/mol. The Hall–Kier alpha value is -1.09. The average molecular weight is 301 g/mol. The van der Waals surface area contributed by atoms with E-state index in [-0.39, 0.29) is 11.1 Å². The standard InChI is InChI=1S/C10H8INO2/c1-2-6-3-4-7(5-12)8(9(6)11)10(13)14/h3-4H,2H2,1H3,(H,13,14). The van der Waals surface area contributed by atoms with Crippen molar-refractivity contribution in [3.05, 3.63) is 32.4 Å². The molecule has 4 heteroatoms. The van der Waals surface area contributed by atoms with Crippen LogP contribution in [0.1, 0.15) is 28.4 Å². The average Bonchev–Trinajstić information content (AvgIpc) is 2.16. The molecule has 0 bridgehead atoms. The van der Waals surface area contributed by atoms with Gasteiger partial charge in [0.2, 0.25) is 0 Å². The summed E-state index contributed by atoms with van der Waals surface area (Å²) in [5.41, 5.74) is 1.30. The van der Waals surface area contributed by atoms with Crippen LogP contribution in [0.2, 0.25) is 0 Å². The number of hydrogen-bond acceptors (Lipinski definition) is 2. The molecule has 0 aliphatic rings. The first-order chi connectivity index (χ1) is 6.61. The number of aryl methyl sites for hydroxylation is 1. The van der Waals surface area contributed by atoms with Crippen LogP contribution in [0.15, 0.2) is 12.1 Å². The maximum atomic E-state index is 10.9. The van der Waals surface area contributed by atoms with Crippen molar-refractivity contribution in [2.45, 2.75) is 13.3 Å². The lowest BCUT2D eigenvalue weighted by Crippen LogP contribution is -2.05. The van der Waals surface area contributed by atoms with Crippen LogP contribution in [-0.2, 0) is 6.42 Å². The Bertz CT molecular complexity index is 421. The van der Waals surface area contributed by atoms with Crippen LogP contribution in [0.5, 0.6) is 0 Å². The maximum absolute atomic E-state index is 10.9. The molecule has 0 radical (unpaired) electrons. The minimum atomic E-state index is -1.04. The second-order valence-electron chi connectivity index (χ2n) is 2.73. The van der Waals surface area contributed by atoms with E-state index in [1.807, 2.05) is 35.6 Å². The Morgan fingerprint density at radius 2 is 2.29 bits per heavy atom. The van der Waals surface area contributed by atoms with Crippen molar-refractivity contribution in [3.63, 3.8) is 0 Å². The quantitative estimate of drug-likeness (QED) is 0.853. The molecule has 0 aromatic heterocycles. The predicted octanol–water partition coefficient (Wildman–Crippen LogP) is 2.42. The van der Waals surface area contributed by atoms with Gasteiger partial charge in [0.15, 0.2) is 0 Å². The third-order valence-corrected chi connectivity index (χ3v) is 3.17. The number of carbonyl (C=O) groups is 1. The van der Waals surface area contributed by atoms with Crippen LogP contribution in [0.4, 0.5) is 0 Å². The molecule has 1 N–H and O–H groups in total. The van der Waals surface area contributed by atoms with Gasteiger partial charge in [0.05, 0.1) is 11.1 Å². The molecule has 72 valence electrons. The first kappa shape index (κ1) is 11.0. The third-order valence-electron chi connectivity index (χ3n) is 1.94. The van der Waals surface area contributed by atoms with E-state index < -0.39 is 5.97 Å². The molecule has 1 aromatic carbocycles. The largest absolute Gasteiger partial charge is 0.478 e. The first-order valence-electron chi connectivity index (χ1n) is 4.06. The van der Waals surface area contributed by atoms with Gasteiger partial charge < -0.3 is 5.11 Å². The smallest absolute Gasteiger partial charge is 0.338 e. The number of carboxylic acid groups (broad SMARTS) is 1. The number of benzene rings is 1. The van der Waals surface area contributed by atoms with Gasteiger partial charge in [-0.05, 0) is 40.6 Å². The number of aromatic carboxylic acids is 1. The summed E-state index contributed by atoms with van der Waals surface area (Å²) in [5.74, 6) is -1.04. The van der Waals surface area contributed by atoms with Crippen LogP contribution in [-0.4, -0.2) is 11.1 Å². The zero-order valence-electron chi connectivity index (χ0n) is 7.54. The van der Waals surface area contributed by atoms with Gasteiger partial charge in [0, 0.05) is 3.57 Å². The normalized spacial score (nSPS) is 9.50. The predicted molar refractivity (Wildman–Crippen MR) is 60.2 cm³/mol. The van der Waals surface area contributed by atoms with Gasteiger partial charge in [-0.1, -0.05) is 13.0 Å². The third kappa shape index (κ3) is 1.87. The summed E-state index contributed by atoms with van der Waals surface area (Å²) in [6, 6.07) is 5.24. The van der Waals surface area contributed by atoms with Crippen molar-refractivity contribution < 1.29 is 9.90 Å². The van der Waals surface area contributed by atoms with Crippen molar-refractivity contribution in [2.75, 3.05) is 0 Å². The Labute approximate surface area is 95.5 Å². The Morgan fingerprint density at radius 3 is 2.71 bits per heavy atom. The van der Waals surface area contributed by atoms with Gasteiger partial charge in [0.25, 0.3) is 0 Å². The zero-order chi connectivity index (χ0) is 10.7. The molecular formula is C10H8INO2. The molecule has 0 unspecified atom stereocenters. The number of carboxylic acids is 1. The minimum Gasteiger partial charge on any atom is -0.478 e. The second-order valence-corrected chi connectivity index (χ2v) is 3.81. The highest BCUT2D eigenvalue weighted by Crippen LogP contribution is 2.21. The number of hydrogen-bond donors (Lipinski definition) is 1. The topological polar surface area (TPSA) is 61.1 Å². The van der Waals surface area contributed by atoms with Crippen molar-refractivity contribution >= 4 is 28.6 Å². The molecule has 0 aliphatic carbocycles. The summed E-state index contributed by atoms with van der Waals surface area (Å²) in [7, 11) is 0. The van der Waals surface area contributed by atoms with Gasteiger partial charge in [-0.25, -0.2) is 4.79 Å². The SMILES string of the molecule is CCc1ccc(C#N)c(C(=O)O)c1I.